The zero-order valence-electron chi connectivity index (χ0n) is 25.4. The van der Waals surface area contributed by atoms with Gasteiger partial charge in [-0.15, -0.1) is 11.5 Å². The van der Waals surface area contributed by atoms with Crippen LogP contribution in [0.3, 0.4) is 0 Å². The fourth-order valence-corrected chi connectivity index (χ4v) is 6.56. The Morgan fingerprint density at radius 1 is 0.667 bits per heavy atom. The van der Waals surface area contributed by atoms with Crippen LogP contribution >= 0.6 is 0 Å². The molecule has 45 heavy (non-hydrogen) atoms. The summed E-state index contributed by atoms with van der Waals surface area (Å²) < 4.78 is 2.26. The summed E-state index contributed by atoms with van der Waals surface area (Å²) in [5.41, 5.74) is 9.89. The summed E-state index contributed by atoms with van der Waals surface area (Å²) in [5, 5.41) is 2.36. The average molecular weight is 764 g/mol. The van der Waals surface area contributed by atoms with Crippen LogP contribution in [0.15, 0.2) is 128 Å². The van der Waals surface area contributed by atoms with Crippen molar-refractivity contribution in [3.63, 3.8) is 0 Å². The third-order valence-electron chi connectivity index (χ3n) is 9.02. The molecule has 8 rings (SSSR count). The Bertz CT molecular complexity index is 2170. The number of pyridine rings is 1. The summed E-state index contributed by atoms with van der Waals surface area (Å²) >= 11 is 0. The zero-order chi connectivity index (χ0) is 29.8. The average Bonchev–Trinajstić information content (AvgIpc) is 3.59. The third kappa shape index (κ3) is 4.85. The number of para-hydroxylation sites is 3. The van der Waals surface area contributed by atoms with E-state index in [1.54, 1.807) is 0 Å². The van der Waals surface area contributed by atoms with Gasteiger partial charge in [0.15, 0.2) is 0 Å². The first-order chi connectivity index (χ1) is 21.5. The Balaban J connectivity index is 0.00000325. The summed E-state index contributed by atoms with van der Waals surface area (Å²) in [7, 11) is 2.14. The first kappa shape index (κ1) is 29.1. The molecule has 2 aromatic heterocycles. The summed E-state index contributed by atoms with van der Waals surface area (Å²) in [5.74, 6) is 0.883. The molecule has 0 bridgehead atoms. The zero-order valence-corrected chi connectivity index (χ0v) is 27.7. The van der Waals surface area contributed by atoms with Gasteiger partial charge in [-0.1, -0.05) is 85.7 Å². The Hall–Kier alpha value is -4.66. The van der Waals surface area contributed by atoms with Crippen molar-refractivity contribution in [1.82, 2.24) is 9.55 Å². The van der Waals surface area contributed by atoms with Crippen LogP contribution in [0.2, 0.25) is 0 Å². The Morgan fingerprint density at radius 2 is 1.40 bits per heavy atom. The molecular weight excluding hydrogens is 732 g/mol. The van der Waals surface area contributed by atoms with Crippen LogP contribution in [-0.4, -0.2) is 23.3 Å². The molecule has 0 unspecified atom stereocenters. The monoisotopic (exact) mass is 763 g/mol. The first-order valence-corrected chi connectivity index (χ1v) is 15.1. The molecule has 7 aromatic rings. The molecule has 1 aliphatic rings. The molecule has 222 valence electrons. The van der Waals surface area contributed by atoms with Gasteiger partial charge in [0.2, 0.25) is 0 Å². The van der Waals surface area contributed by atoms with Gasteiger partial charge in [0.05, 0.1) is 18.0 Å². The van der Waals surface area contributed by atoms with Crippen LogP contribution in [0.5, 0.6) is 0 Å². The molecular formula is C40H32N4Pt. The van der Waals surface area contributed by atoms with E-state index in [0.29, 0.717) is 0 Å². The number of aromatic nitrogens is 2. The van der Waals surface area contributed by atoms with Crippen LogP contribution in [0.25, 0.3) is 38.8 Å². The van der Waals surface area contributed by atoms with Crippen molar-refractivity contribution in [2.45, 2.75) is 19.3 Å². The predicted octanol–water partition coefficient (Wildman–Crippen LogP) is 9.31. The van der Waals surface area contributed by atoms with E-state index in [2.05, 4.69) is 163 Å². The number of anilines is 3. The molecule has 4 nitrogen and oxygen atoms in total. The second kappa shape index (κ2) is 11.4. The molecule has 0 aliphatic carbocycles. The van der Waals surface area contributed by atoms with Crippen molar-refractivity contribution in [1.29, 1.82) is 0 Å². The molecule has 5 heteroatoms. The number of hydrogen-bond acceptors (Lipinski definition) is 3. The Morgan fingerprint density at radius 3 is 2.24 bits per heavy atom. The van der Waals surface area contributed by atoms with Crippen molar-refractivity contribution >= 4 is 38.9 Å². The van der Waals surface area contributed by atoms with Crippen LogP contribution in [0.1, 0.15) is 25.0 Å². The van der Waals surface area contributed by atoms with Gasteiger partial charge in [-0.3, -0.25) is 0 Å². The number of rotatable bonds is 5. The van der Waals surface area contributed by atoms with Crippen molar-refractivity contribution in [2.75, 3.05) is 23.5 Å². The Labute approximate surface area is 278 Å². The van der Waals surface area contributed by atoms with E-state index in [4.69, 9.17) is 4.98 Å². The van der Waals surface area contributed by atoms with Gasteiger partial charge in [-0.05, 0) is 52.3 Å². The maximum absolute atomic E-state index is 4.87. The second-order valence-electron chi connectivity index (χ2n) is 12.1. The topological polar surface area (TPSA) is 24.3 Å². The molecule has 0 atom stereocenters. The van der Waals surface area contributed by atoms with Crippen molar-refractivity contribution in [3.05, 3.63) is 151 Å². The summed E-state index contributed by atoms with van der Waals surface area (Å²) in [4.78, 5) is 9.48. The fourth-order valence-electron chi connectivity index (χ4n) is 6.56. The molecule has 1 aliphatic heterocycles. The van der Waals surface area contributed by atoms with Crippen molar-refractivity contribution in [3.8, 4) is 16.9 Å². The number of benzene rings is 5. The largest absolute Gasteiger partial charge is 2.00 e. The minimum Gasteiger partial charge on any atom is -0.355 e. The van der Waals surface area contributed by atoms with E-state index in [-0.39, 0.29) is 26.5 Å². The third-order valence-corrected chi connectivity index (χ3v) is 9.02. The van der Waals surface area contributed by atoms with Crippen molar-refractivity contribution in [2.24, 2.45) is 0 Å². The molecule has 0 fully saturated rings. The number of nitrogens with zero attached hydrogens (tertiary/aromatic N) is 4. The van der Waals surface area contributed by atoms with Gasteiger partial charge in [0.1, 0.15) is 5.82 Å². The summed E-state index contributed by atoms with van der Waals surface area (Å²) in [6.07, 6.45) is 1.90. The molecule has 0 saturated carbocycles. The molecule has 3 heterocycles. The van der Waals surface area contributed by atoms with Gasteiger partial charge in [0.25, 0.3) is 0 Å². The van der Waals surface area contributed by atoms with Gasteiger partial charge in [-0.2, -0.15) is 47.5 Å². The molecule has 0 spiro atoms. The minimum absolute atomic E-state index is 0. The van der Waals surface area contributed by atoms with Crippen LogP contribution in [-0.2, 0) is 26.5 Å². The van der Waals surface area contributed by atoms with E-state index in [9.17, 15) is 0 Å². The van der Waals surface area contributed by atoms with E-state index in [1.807, 2.05) is 12.3 Å². The molecule has 5 aromatic carbocycles. The summed E-state index contributed by atoms with van der Waals surface area (Å²) in [6.45, 7) is 5.34. The Kier molecular flexibility index (Phi) is 7.34. The maximum Gasteiger partial charge on any atom is 2.00 e. The molecule has 0 saturated heterocycles. The molecule has 0 radical (unpaired) electrons. The van der Waals surface area contributed by atoms with Crippen molar-refractivity contribution < 1.29 is 21.1 Å². The first-order valence-electron chi connectivity index (χ1n) is 15.1. The maximum atomic E-state index is 4.87. The van der Waals surface area contributed by atoms with Gasteiger partial charge < -0.3 is 14.4 Å². The molecule has 0 amide bonds. The fraction of sp³-hybridized carbons (Fsp3) is 0.125. The minimum atomic E-state index is -0.337. The van der Waals surface area contributed by atoms with E-state index in [0.717, 1.165) is 45.9 Å². The van der Waals surface area contributed by atoms with E-state index < -0.39 is 0 Å². The SMILES string of the molecule is CN1CN(c2[c-]c(C(C)(C)c3[c-]c4c(cc3)c3ccccc3n4-c3cc(-c4ccccc4)ccn3)ccc2)c2ccccc21.[Pt+2]. The van der Waals surface area contributed by atoms with Gasteiger partial charge in [-0.25, -0.2) is 4.98 Å². The second-order valence-corrected chi connectivity index (χ2v) is 12.1. The van der Waals surface area contributed by atoms with E-state index >= 15 is 0 Å². The van der Waals surface area contributed by atoms with E-state index in [1.165, 1.54) is 27.7 Å². The normalized spacial score (nSPS) is 12.9. The van der Waals surface area contributed by atoms with Crippen LogP contribution in [0.4, 0.5) is 17.1 Å². The quantitative estimate of drug-likeness (QED) is 0.164. The number of fused-ring (bicyclic) bond motifs is 4. The van der Waals surface area contributed by atoms with Gasteiger partial charge in [0, 0.05) is 18.8 Å². The predicted molar refractivity (Wildman–Crippen MR) is 182 cm³/mol. The van der Waals surface area contributed by atoms with Crippen LogP contribution in [0, 0.1) is 12.1 Å². The smallest absolute Gasteiger partial charge is 0.355 e. The number of hydrogen-bond donors (Lipinski definition) is 0. The standard InChI is InChI=1S/C40H32N4.Pt/c1-40(2,30-14-11-15-32(25-30)43-27-42(3)36-18-9-10-19-37(36)43)31-20-21-34-33-16-7-8-17-35(33)44(38(34)26-31)39-24-29(22-23-41-39)28-12-5-4-6-13-28;/h4-24H,27H2,1-3H3;/q-2;+2. The van der Waals surface area contributed by atoms with Gasteiger partial charge >= 0.3 is 21.1 Å². The molecule has 0 N–H and O–H groups in total. The summed E-state index contributed by atoms with van der Waals surface area (Å²) in [6, 6.07) is 50.5. The van der Waals surface area contributed by atoms with Crippen LogP contribution < -0.4 is 9.80 Å².